The number of hydroxylamine groups is 2. The van der Waals surface area contributed by atoms with E-state index >= 15 is 0 Å². The van der Waals surface area contributed by atoms with Gasteiger partial charge in [0.05, 0.1) is 11.7 Å². The zero-order valence-corrected chi connectivity index (χ0v) is 13.6. The fraction of sp³-hybridized carbons (Fsp3) is 0.429. The number of pyridine rings is 1. The first-order valence-electron chi connectivity index (χ1n) is 6.95. The van der Waals surface area contributed by atoms with E-state index in [0.29, 0.717) is 17.8 Å². The molecule has 3 heterocycles. The lowest BCUT2D eigenvalue weighted by molar-refractivity contribution is -0.243. The molecule has 0 aliphatic carbocycles. The highest BCUT2D eigenvalue weighted by atomic mass is 79.9. The van der Waals surface area contributed by atoms with E-state index in [2.05, 4.69) is 25.8 Å². The first kappa shape index (κ1) is 16.3. The molecule has 3 rings (SSSR count). The summed E-state index contributed by atoms with van der Waals surface area (Å²) in [5, 5.41) is 1.08. The Labute approximate surface area is 138 Å². The molecule has 1 saturated heterocycles. The van der Waals surface area contributed by atoms with Gasteiger partial charge in [0.15, 0.2) is 0 Å². The van der Waals surface area contributed by atoms with Gasteiger partial charge in [-0.3, -0.25) is 0 Å². The number of halogens is 4. The Hall–Kier alpha value is -1.61. The number of fused-ring (bicyclic) bond motifs is 1. The van der Waals surface area contributed by atoms with E-state index in [1.807, 2.05) is 13.0 Å². The zero-order valence-electron chi connectivity index (χ0n) is 12.0. The number of alkyl halides is 3. The van der Waals surface area contributed by atoms with E-state index in [1.165, 1.54) is 0 Å². The standard InChI is InChI=1S/C14H13BrF3N3O2/c1-8-4-5-21(23-13(22)14(16,17)18)12(8)10-7-20-6-9(15)2-3-11(20)19-10/h2-3,6-8,12H,4-5H2,1H3. The van der Waals surface area contributed by atoms with Gasteiger partial charge >= 0.3 is 12.1 Å². The molecule has 0 amide bonds. The third kappa shape index (κ3) is 3.20. The van der Waals surface area contributed by atoms with Crippen LogP contribution in [-0.4, -0.2) is 33.1 Å². The monoisotopic (exact) mass is 391 g/mol. The molecule has 5 nitrogen and oxygen atoms in total. The molecule has 2 unspecified atom stereocenters. The van der Waals surface area contributed by atoms with E-state index in [1.54, 1.807) is 22.9 Å². The van der Waals surface area contributed by atoms with Crippen LogP contribution in [-0.2, 0) is 9.63 Å². The summed E-state index contributed by atoms with van der Waals surface area (Å²) in [4.78, 5) is 20.1. The molecule has 0 saturated carbocycles. The van der Waals surface area contributed by atoms with Crippen LogP contribution in [0.4, 0.5) is 13.2 Å². The molecule has 9 heteroatoms. The zero-order chi connectivity index (χ0) is 16.8. The SMILES string of the molecule is CC1CCN(OC(=O)C(F)(F)F)C1c1cn2cc(Br)ccc2n1. The predicted molar refractivity (Wildman–Crippen MR) is 78.3 cm³/mol. The fourth-order valence-electron chi connectivity index (χ4n) is 2.74. The Morgan fingerprint density at radius 2 is 2.13 bits per heavy atom. The van der Waals surface area contributed by atoms with Gasteiger partial charge in [-0.15, -0.1) is 5.06 Å². The Morgan fingerprint density at radius 1 is 1.39 bits per heavy atom. The van der Waals surface area contributed by atoms with Crippen molar-refractivity contribution in [3.63, 3.8) is 0 Å². The molecule has 1 fully saturated rings. The van der Waals surface area contributed by atoms with Crippen LogP contribution in [0.1, 0.15) is 25.1 Å². The molecule has 0 radical (unpaired) electrons. The van der Waals surface area contributed by atoms with Crippen LogP contribution < -0.4 is 0 Å². The highest BCUT2D eigenvalue weighted by molar-refractivity contribution is 9.10. The maximum Gasteiger partial charge on any atom is 0.492 e. The van der Waals surface area contributed by atoms with E-state index in [0.717, 1.165) is 9.54 Å². The first-order chi connectivity index (χ1) is 10.8. The molecule has 0 aromatic carbocycles. The molecule has 1 aliphatic heterocycles. The van der Waals surface area contributed by atoms with Gasteiger partial charge in [0.1, 0.15) is 5.65 Å². The lowest BCUT2D eigenvalue weighted by Crippen LogP contribution is -2.35. The fourth-order valence-corrected chi connectivity index (χ4v) is 3.09. The maximum atomic E-state index is 12.4. The minimum atomic E-state index is -5.01. The van der Waals surface area contributed by atoms with Crippen LogP contribution in [0.3, 0.4) is 0 Å². The largest absolute Gasteiger partial charge is 0.492 e. The van der Waals surface area contributed by atoms with Crippen LogP contribution in [0.5, 0.6) is 0 Å². The highest BCUT2D eigenvalue weighted by Crippen LogP contribution is 2.37. The second-order valence-corrected chi connectivity index (χ2v) is 6.42. The number of rotatable bonds is 2. The average molecular weight is 392 g/mol. The number of aromatic nitrogens is 2. The number of hydrogen-bond acceptors (Lipinski definition) is 4. The molecule has 2 aromatic rings. The van der Waals surface area contributed by atoms with Crippen LogP contribution >= 0.6 is 15.9 Å². The van der Waals surface area contributed by atoms with Crippen molar-refractivity contribution in [1.82, 2.24) is 14.4 Å². The van der Waals surface area contributed by atoms with Gasteiger partial charge in [-0.2, -0.15) is 13.2 Å². The molecule has 2 aromatic heterocycles. The van der Waals surface area contributed by atoms with Crippen molar-refractivity contribution in [2.24, 2.45) is 5.92 Å². The van der Waals surface area contributed by atoms with Crippen molar-refractivity contribution in [2.45, 2.75) is 25.6 Å². The minimum Gasteiger partial charge on any atom is -0.360 e. The molecule has 23 heavy (non-hydrogen) atoms. The van der Waals surface area contributed by atoms with Gasteiger partial charge in [0, 0.05) is 23.4 Å². The number of imidazole rings is 1. The summed E-state index contributed by atoms with van der Waals surface area (Å²) in [6.07, 6.45) is -0.855. The number of hydrogen-bond donors (Lipinski definition) is 0. The number of carbonyl (C=O) groups is 1. The van der Waals surface area contributed by atoms with E-state index in [-0.39, 0.29) is 12.5 Å². The van der Waals surface area contributed by atoms with E-state index in [4.69, 9.17) is 0 Å². The smallest absolute Gasteiger partial charge is 0.360 e. The molecule has 2 atom stereocenters. The molecule has 0 bridgehead atoms. The van der Waals surface area contributed by atoms with Crippen LogP contribution in [0.15, 0.2) is 29.0 Å². The van der Waals surface area contributed by atoms with Gasteiger partial charge in [-0.05, 0) is 40.4 Å². The minimum absolute atomic E-state index is 0.0180. The van der Waals surface area contributed by atoms with Gasteiger partial charge in [-0.1, -0.05) is 6.92 Å². The Morgan fingerprint density at radius 3 is 2.83 bits per heavy atom. The van der Waals surface area contributed by atoms with E-state index in [9.17, 15) is 18.0 Å². The lowest BCUT2D eigenvalue weighted by Gasteiger charge is -2.24. The molecule has 0 spiro atoms. The van der Waals surface area contributed by atoms with Crippen LogP contribution in [0.25, 0.3) is 5.65 Å². The second-order valence-electron chi connectivity index (χ2n) is 5.51. The van der Waals surface area contributed by atoms with Gasteiger partial charge in [-0.25, -0.2) is 9.78 Å². The Kier molecular flexibility index (Phi) is 4.09. The molecular weight excluding hydrogens is 379 g/mol. The van der Waals surface area contributed by atoms with E-state index < -0.39 is 18.2 Å². The summed E-state index contributed by atoms with van der Waals surface area (Å²) in [5.74, 6) is -2.19. The summed E-state index contributed by atoms with van der Waals surface area (Å²) < 4.78 is 39.9. The molecule has 124 valence electrons. The quantitative estimate of drug-likeness (QED) is 0.785. The van der Waals surface area contributed by atoms with Crippen molar-refractivity contribution in [3.8, 4) is 0 Å². The average Bonchev–Trinajstić information content (AvgIpc) is 3.00. The van der Waals surface area contributed by atoms with Crippen molar-refractivity contribution >= 4 is 27.5 Å². The number of nitrogens with zero attached hydrogens (tertiary/aromatic N) is 3. The van der Waals surface area contributed by atoms with Gasteiger partial charge < -0.3 is 9.24 Å². The van der Waals surface area contributed by atoms with Gasteiger partial charge in [0.25, 0.3) is 0 Å². The first-order valence-corrected chi connectivity index (χ1v) is 7.75. The maximum absolute atomic E-state index is 12.4. The van der Waals surface area contributed by atoms with Crippen molar-refractivity contribution in [3.05, 3.63) is 34.7 Å². The summed E-state index contributed by atoms with van der Waals surface area (Å²) in [5.41, 5.74) is 1.24. The summed E-state index contributed by atoms with van der Waals surface area (Å²) in [6, 6.07) is 3.12. The van der Waals surface area contributed by atoms with Crippen LogP contribution in [0, 0.1) is 5.92 Å². The highest BCUT2D eigenvalue weighted by Gasteiger charge is 2.45. The van der Waals surface area contributed by atoms with Crippen molar-refractivity contribution in [1.29, 1.82) is 0 Å². The normalized spacial score (nSPS) is 22.7. The lowest BCUT2D eigenvalue weighted by atomic mass is 10.0. The van der Waals surface area contributed by atoms with Crippen molar-refractivity contribution < 1.29 is 22.8 Å². The summed E-state index contributed by atoms with van der Waals surface area (Å²) in [6.45, 7) is 2.14. The Balaban J connectivity index is 1.89. The third-order valence-corrected chi connectivity index (χ3v) is 4.29. The topological polar surface area (TPSA) is 46.8 Å². The van der Waals surface area contributed by atoms with Crippen LogP contribution in [0.2, 0.25) is 0 Å². The summed E-state index contributed by atoms with van der Waals surface area (Å²) >= 11 is 3.35. The molecule has 0 N–H and O–H groups in total. The predicted octanol–water partition coefficient (Wildman–Crippen LogP) is 3.50. The second kappa shape index (κ2) is 5.79. The molecule has 1 aliphatic rings. The third-order valence-electron chi connectivity index (χ3n) is 3.82. The Bertz CT molecular complexity index is 746. The molecular formula is C14H13BrF3N3O2. The van der Waals surface area contributed by atoms with Crippen molar-refractivity contribution in [2.75, 3.05) is 6.54 Å². The van der Waals surface area contributed by atoms with Gasteiger partial charge in [0.2, 0.25) is 0 Å². The number of carbonyl (C=O) groups excluding carboxylic acids is 1. The summed E-state index contributed by atoms with van der Waals surface area (Å²) in [7, 11) is 0.